The minimum Gasteiger partial charge on any atom is -0.381 e. The molecular weight excluding hydrogens is 380 g/mol. The van der Waals surface area contributed by atoms with Gasteiger partial charge in [-0.1, -0.05) is 0 Å². The molecule has 2 aromatic carbocycles. The zero-order chi connectivity index (χ0) is 21.2. The molecule has 0 N–H and O–H groups in total. The number of ketones is 2. The molecule has 0 aliphatic carbocycles. The van der Waals surface area contributed by atoms with E-state index in [1.165, 1.54) is 48.5 Å². The summed E-state index contributed by atoms with van der Waals surface area (Å²) < 4.78 is 5.42. The zero-order valence-corrected chi connectivity index (χ0v) is 15.6. The number of non-ortho nitro benzene ring substituents is 2. The van der Waals surface area contributed by atoms with E-state index in [1.807, 2.05) is 0 Å². The average Bonchev–Trinajstić information content (AvgIpc) is 2.72. The number of benzene rings is 2. The molecule has 9 nitrogen and oxygen atoms in total. The third kappa shape index (κ3) is 6.89. The van der Waals surface area contributed by atoms with Gasteiger partial charge in [0.2, 0.25) is 0 Å². The van der Waals surface area contributed by atoms with Gasteiger partial charge in [-0.15, -0.1) is 0 Å². The molecule has 0 bridgehead atoms. The maximum absolute atomic E-state index is 12.0. The van der Waals surface area contributed by atoms with Crippen LogP contribution in [0, 0.1) is 20.2 Å². The zero-order valence-electron chi connectivity index (χ0n) is 15.6. The van der Waals surface area contributed by atoms with Gasteiger partial charge in [0.05, 0.1) is 9.85 Å². The van der Waals surface area contributed by atoms with Gasteiger partial charge < -0.3 is 4.74 Å². The molecule has 0 aliphatic heterocycles. The van der Waals surface area contributed by atoms with Crippen LogP contribution in [-0.4, -0.2) is 34.6 Å². The highest BCUT2D eigenvalue weighted by molar-refractivity contribution is 5.96. The van der Waals surface area contributed by atoms with Crippen molar-refractivity contribution in [2.24, 2.45) is 0 Å². The molecule has 2 rings (SSSR count). The van der Waals surface area contributed by atoms with Crippen molar-refractivity contribution in [2.45, 2.75) is 25.7 Å². The largest absolute Gasteiger partial charge is 0.381 e. The van der Waals surface area contributed by atoms with Gasteiger partial charge in [0.1, 0.15) is 0 Å². The quantitative estimate of drug-likeness (QED) is 0.226. The third-order valence-electron chi connectivity index (χ3n) is 4.19. The van der Waals surface area contributed by atoms with Gasteiger partial charge in [-0.3, -0.25) is 29.8 Å². The topological polar surface area (TPSA) is 130 Å². The number of ether oxygens (including phenoxy) is 1. The molecule has 0 aliphatic rings. The molecule has 2 aromatic rings. The van der Waals surface area contributed by atoms with Crippen LogP contribution in [0.15, 0.2) is 48.5 Å². The molecule has 0 atom stereocenters. The molecule has 152 valence electrons. The van der Waals surface area contributed by atoms with Crippen LogP contribution in [0.5, 0.6) is 0 Å². The normalized spacial score (nSPS) is 10.5. The fourth-order valence-corrected chi connectivity index (χ4v) is 2.60. The molecule has 0 radical (unpaired) electrons. The first kappa shape index (κ1) is 21.8. The summed E-state index contributed by atoms with van der Waals surface area (Å²) in [6, 6.07) is 10.9. The molecule has 0 aromatic heterocycles. The van der Waals surface area contributed by atoms with Crippen molar-refractivity contribution >= 4 is 22.9 Å². The Morgan fingerprint density at radius 2 is 1.03 bits per heavy atom. The van der Waals surface area contributed by atoms with Gasteiger partial charge >= 0.3 is 0 Å². The molecule has 0 spiro atoms. The van der Waals surface area contributed by atoms with E-state index < -0.39 is 9.85 Å². The SMILES string of the molecule is O=C(CCCOCCCC(=O)c1ccc([N+](=O)[O-])cc1)c1ccc([N+](=O)[O-])cc1. The Kier molecular flexibility index (Phi) is 8.11. The number of nitrogens with zero attached hydrogens (tertiary/aromatic N) is 2. The predicted octanol–water partition coefficient (Wildman–Crippen LogP) is 4.15. The number of carbonyl (C=O) groups excluding carboxylic acids is 2. The summed E-state index contributed by atoms with van der Waals surface area (Å²) in [5.41, 5.74) is 0.718. The number of rotatable bonds is 12. The van der Waals surface area contributed by atoms with Crippen molar-refractivity contribution in [1.82, 2.24) is 0 Å². The van der Waals surface area contributed by atoms with Crippen LogP contribution < -0.4 is 0 Å². The van der Waals surface area contributed by atoms with Crippen molar-refractivity contribution in [3.05, 3.63) is 79.9 Å². The minimum atomic E-state index is -0.519. The van der Waals surface area contributed by atoms with Crippen LogP contribution >= 0.6 is 0 Å². The third-order valence-corrected chi connectivity index (χ3v) is 4.19. The molecule has 0 saturated heterocycles. The summed E-state index contributed by atoms with van der Waals surface area (Å²) in [5.74, 6) is -0.228. The summed E-state index contributed by atoms with van der Waals surface area (Å²) in [7, 11) is 0. The Balaban J connectivity index is 1.60. The first-order valence-electron chi connectivity index (χ1n) is 9.01. The van der Waals surface area contributed by atoms with E-state index in [0.29, 0.717) is 37.2 Å². The van der Waals surface area contributed by atoms with Crippen LogP contribution in [0.4, 0.5) is 11.4 Å². The fraction of sp³-hybridized carbons (Fsp3) is 0.300. The highest BCUT2D eigenvalue weighted by atomic mass is 16.6. The lowest BCUT2D eigenvalue weighted by Crippen LogP contribution is -2.05. The van der Waals surface area contributed by atoms with Gasteiger partial charge in [0.25, 0.3) is 11.4 Å². The predicted molar refractivity (Wildman–Crippen MR) is 104 cm³/mol. The standard InChI is InChI=1S/C20H20N2O7/c23-19(15-5-9-17(10-6-15)21(25)26)3-1-13-29-14-2-4-20(24)16-7-11-18(12-8-16)22(27)28/h5-12H,1-4,13-14H2. The fourth-order valence-electron chi connectivity index (χ4n) is 2.60. The molecule has 29 heavy (non-hydrogen) atoms. The number of Topliss-reactive ketones (excluding diaryl/α,β-unsaturated/α-hetero) is 2. The minimum absolute atomic E-state index is 0.0619. The molecule has 0 saturated carbocycles. The molecule has 0 unspecified atom stereocenters. The van der Waals surface area contributed by atoms with Crippen molar-refractivity contribution in [2.75, 3.05) is 13.2 Å². The number of nitro groups is 2. The van der Waals surface area contributed by atoms with Gasteiger partial charge in [-0.25, -0.2) is 0 Å². The number of carbonyl (C=O) groups is 2. The van der Waals surface area contributed by atoms with Crippen LogP contribution in [0.25, 0.3) is 0 Å². The Hall–Kier alpha value is -3.46. The van der Waals surface area contributed by atoms with E-state index in [-0.39, 0.29) is 35.8 Å². The van der Waals surface area contributed by atoms with Crippen molar-refractivity contribution in [1.29, 1.82) is 0 Å². The summed E-state index contributed by atoms with van der Waals surface area (Å²) in [6.07, 6.45) is 1.54. The number of hydrogen-bond donors (Lipinski definition) is 0. The van der Waals surface area contributed by atoms with Gasteiger partial charge in [-0.05, 0) is 37.1 Å². The maximum Gasteiger partial charge on any atom is 0.269 e. The molecule has 0 amide bonds. The monoisotopic (exact) mass is 400 g/mol. The Morgan fingerprint density at radius 1 is 0.690 bits per heavy atom. The van der Waals surface area contributed by atoms with Crippen LogP contribution in [0.2, 0.25) is 0 Å². The maximum atomic E-state index is 12.0. The second-order valence-electron chi connectivity index (χ2n) is 6.27. The lowest BCUT2D eigenvalue weighted by atomic mass is 10.1. The Morgan fingerprint density at radius 3 is 1.34 bits per heavy atom. The average molecular weight is 400 g/mol. The first-order chi connectivity index (χ1) is 13.9. The van der Waals surface area contributed by atoms with Crippen molar-refractivity contribution in [3.8, 4) is 0 Å². The van der Waals surface area contributed by atoms with Crippen LogP contribution in [-0.2, 0) is 4.74 Å². The Bertz CT molecular complexity index is 803. The van der Waals surface area contributed by atoms with E-state index in [4.69, 9.17) is 4.74 Å². The second kappa shape index (κ2) is 10.8. The second-order valence-corrected chi connectivity index (χ2v) is 6.27. The van der Waals surface area contributed by atoms with E-state index in [9.17, 15) is 29.8 Å². The smallest absolute Gasteiger partial charge is 0.269 e. The summed E-state index contributed by atoms with van der Waals surface area (Å²) in [5, 5.41) is 21.2. The van der Waals surface area contributed by atoms with Crippen LogP contribution in [0.3, 0.4) is 0 Å². The summed E-state index contributed by atoms with van der Waals surface area (Å²) >= 11 is 0. The summed E-state index contributed by atoms with van der Waals surface area (Å²) in [4.78, 5) is 44.2. The van der Waals surface area contributed by atoms with E-state index in [2.05, 4.69) is 0 Å². The summed E-state index contributed by atoms with van der Waals surface area (Å²) in [6.45, 7) is 0.731. The number of nitro benzene ring substituents is 2. The first-order valence-corrected chi connectivity index (χ1v) is 9.01. The lowest BCUT2D eigenvalue weighted by molar-refractivity contribution is -0.385. The molecule has 0 heterocycles. The molecule has 0 fully saturated rings. The highest BCUT2D eigenvalue weighted by Gasteiger charge is 2.10. The lowest BCUT2D eigenvalue weighted by Gasteiger charge is -2.05. The van der Waals surface area contributed by atoms with Crippen molar-refractivity contribution < 1.29 is 24.2 Å². The van der Waals surface area contributed by atoms with E-state index in [1.54, 1.807) is 0 Å². The molecular formula is C20H20N2O7. The number of hydrogen-bond acceptors (Lipinski definition) is 7. The highest BCUT2D eigenvalue weighted by Crippen LogP contribution is 2.15. The van der Waals surface area contributed by atoms with Crippen molar-refractivity contribution in [3.63, 3.8) is 0 Å². The van der Waals surface area contributed by atoms with E-state index in [0.717, 1.165) is 0 Å². The van der Waals surface area contributed by atoms with Gasteiger partial charge in [0.15, 0.2) is 11.6 Å². The van der Waals surface area contributed by atoms with Crippen LogP contribution in [0.1, 0.15) is 46.4 Å². The molecule has 9 heteroatoms. The Labute approximate surface area is 166 Å². The van der Waals surface area contributed by atoms with Gasteiger partial charge in [0, 0.05) is 61.4 Å². The van der Waals surface area contributed by atoms with E-state index >= 15 is 0 Å². The van der Waals surface area contributed by atoms with Gasteiger partial charge in [-0.2, -0.15) is 0 Å².